The zero-order valence-corrected chi connectivity index (χ0v) is 14.3. The van der Waals surface area contributed by atoms with Crippen molar-refractivity contribution in [3.63, 3.8) is 0 Å². The van der Waals surface area contributed by atoms with Crippen LogP contribution in [0.2, 0.25) is 0 Å². The third kappa shape index (κ3) is 2.85. The molecule has 8 nitrogen and oxygen atoms in total. The second-order valence-corrected chi connectivity index (χ2v) is 8.04. The van der Waals surface area contributed by atoms with E-state index in [9.17, 15) is 13.2 Å². The quantitative estimate of drug-likeness (QED) is 0.633. The zero-order chi connectivity index (χ0) is 17.6. The number of hydrogen-bond acceptors (Lipinski definition) is 6. The molecule has 0 N–H and O–H groups in total. The number of ether oxygens (including phenoxy) is 1. The van der Waals surface area contributed by atoms with Gasteiger partial charge in [0.05, 0.1) is 18.9 Å². The van der Waals surface area contributed by atoms with Crippen molar-refractivity contribution < 1.29 is 13.2 Å². The number of benzene rings is 1. The average Bonchev–Trinajstić information content (AvgIpc) is 2.94. The van der Waals surface area contributed by atoms with Crippen LogP contribution >= 0.6 is 0 Å². The number of rotatable bonds is 4. The Kier molecular flexibility index (Phi) is 3.69. The second kappa shape index (κ2) is 5.78. The van der Waals surface area contributed by atoms with Gasteiger partial charge in [0, 0.05) is 24.9 Å². The highest BCUT2D eigenvalue weighted by Gasteiger charge is 2.24. The first-order chi connectivity index (χ1) is 11.9. The van der Waals surface area contributed by atoms with E-state index in [0.29, 0.717) is 31.4 Å². The van der Waals surface area contributed by atoms with Crippen LogP contribution in [0.25, 0.3) is 16.7 Å². The van der Waals surface area contributed by atoms with E-state index >= 15 is 0 Å². The van der Waals surface area contributed by atoms with E-state index in [1.807, 2.05) is 0 Å². The molecule has 0 aliphatic carbocycles. The van der Waals surface area contributed by atoms with Gasteiger partial charge in [-0.15, -0.1) is 0 Å². The topological polar surface area (TPSA) is 96.1 Å². The molecule has 1 fully saturated rings. The lowest BCUT2D eigenvalue weighted by atomic mass is 10.1. The summed E-state index contributed by atoms with van der Waals surface area (Å²) in [7, 11) is -3.72. The summed E-state index contributed by atoms with van der Waals surface area (Å²) in [5, 5.41) is 4.25. The Morgan fingerprint density at radius 1 is 1.24 bits per heavy atom. The predicted molar refractivity (Wildman–Crippen MR) is 90.5 cm³/mol. The van der Waals surface area contributed by atoms with Crippen molar-refractivity contribution in [3.8, 4) is 5.69 Å². The van der Waals surface area contributed by atoms with E-state index in [0.717, 1.165) is 10.8 Å². The van der Waals surface area contributed by atoms with Gasteiger partial charge in [-0.2, -0.15) is 10.1 Å². The summed E-state index contributed by atoms with van der Waals surface area (Å²) in [4.78, 5) is 17.1. The fourth-order valence-electron chi connectivity index (χ4n) is 2.79. The Hall–Kier alpha value is -2.52. The summed E-state index contributed by atoms with van der Waals surface area (Å²) >= 11 is 0. The van der Waals surface area contributed by atoms with Gasteiger partial charge in [-0.05, 0) is 12.1 Å². The van der Waals surface area contributed by atoms with E-state index < -0.39 is 15.4 Å². The van der Waals surface area contributed by atoms with Crippen molar-refractivity contribution in [1.29, 1.82) is 0 Å². The first kappa shape index (κ1) is 16.0. The Morgan fingerprint density at radius 3 is 2.56 bits per heavy atom. The summed E-state index contributed by atoms with van der Waals surface area (Å²) in [5.74, 6) is 0.347. The van der Waals surface area contributed by atoms with Crippen LogP contribution in [0.1, 0.15) is 0 Å². The van der Waals surface area contributed by atoms with Gasteiger partial charge in [-0.3, -0.25) is 14.0 Å². The largest absolute Gasteiger partial charge is 0.381 e. The van der Waals surface area contributed by atoms with Crippen LogP contribution in [0, 0.1) is 5.92 Å². The van der Waals surface area contributed by atoms with Crippen LogP contribution in [0.5, 0.6) is 0 Å². The van der Waals surface area contributed by atoms with E-state index in [1.165, 1.54) is 0 Å². The standard InChI is InChI=1S/C16H16N4O4S/c1-25(22,23)16-17-14-13(8-19(18-14)7-11-9-24-10-11)15(21)20(16)12-5-3-2-4-6-12/h2-6,8,11H,7,9-10H2,1H3. The molecule has 1 aliphatic rings. The van der Waals surface area contributed by atoms with Crippen molar-refractivity contribution >= 4 is 20.9 Å². The SMILES string of the molecule is CS(=O)(=O)c1nc2nn(CC3COC3)cc2c(=O)n1-c1ccccc1. The maximum atomic E-state index is 13.0. The second-order valence-electron chi connectivity index (χ2n) is 6.13. The molecule has 0 atom stereocenters. The highest BCUT2D eigenvalue weighted by Crippen LogP contribution is 2.17. The lowest BCUT2D eigenvalue weighted by Gasteiger charge is -2.25. The molecule has 1 aliphatic heterocycles. The summed E-state index contributed by atoms with van der Waals surface area (Å²) < 4.78 is 32.3. The molecule has 0 unspecified atom stereocenters. The van der Waals surface area contributed by atoms with Crippen LogP contribution in [-0.2, 0) is 21.1 Å². The van der Waals surface area contributed by atoms with Gasteiger partial charge in [0.1, 0.15) is 5.39 Å². The van der Waals surface area contributed by atoms with Crippen molar-refractivity contribution in [2.75, 3.05) is 19.5 Å². The Balaban J connectivity index is 1.95. The molecule has 9 heteroatoms. The predicted octanol–water partition coefficient (Wildman–Crippen LogP) is 0.632. The molecule has 0 bridgehead atoms. The minimum Gasteiger partial charge on any atom is -0.381 e. The minimum atomic E-state index is -3.72. The number of nitrogens with zero attached hydrogens (tertiary/aromatic N) is 4. The number of fused-ring (bicyclic) bond motifs is 1. The van der Waals surface area contributed by atoms with Crippen LogP contribution in [-0.4, -0.2) is 47.2 Å². The van der Waals surface area contributed by atoms with Crippen molar-refractivity contribution in [2.24, 2.45) is 5.92 Å². The first-order valence-corrected chi connectivity index (χ1v) is 9.66. The highest BCUT2D eigenvalue weighted by molar-refractivity contribution is 7.90. The van der Waals surface area contributed by atoms with Gasteiger partial charge in [0.15, 0.2) is 5.65 Å². The van der Waals surface area contributed by atoms with Crippen molar-refractivity contribution in [3.05, 3.63) is 46.9 Å². The lowest BCUT2D eigenvalue weighted by molar-refractivity contribution is -0.0407. The third-order valence-electron chi connectivity index (χ3n) is 4.07. The summed E-state index contributed by atoms with van der Waals surface area (Å²) in [6.07, 6.45) is 2.65. The molecular weight excluding hydrogens is 344 g/mol. The van der Waals surface area contributed by atoms with Crippen LogP contribution in [0.3, 0.4) is 0 Å². The van der Waals surface area contributed by atoms with Gasteiger partial charge in [0.2, 0.25) is 15.0 Å². The van der Waals surface area contributed by atoms with Gasteiger partial charge in [0.25, 0.3) is 5.56 Å². The Bertz CT molecular complexity index is 1100. The number of para-hydroxylation sites is 1. The molecular formula is C16H16N4O4S. The minimum absolute atomic E-state index is 0.137. The van der Waals surface area contributed by atoms with Gasteiger partial charge in [-0.25, -0.2) is 8.42 Å². The van der Waals surface area contributed by atoms with Crippen molar-refractivity contribution in [1.82, 2.24) is 19.3 Å². The fourth-order valence-corrected chi connectivity index (χ4v) is 3.57. The van der Waals surface area contributed by atoms with Crippen LogP contribution in [0.15, 0.2) is 46.5 Å². The third-order valence-corrected chi connectivity index (χ3v) is 5.00. The van der Waals surface area contributed by atoms with E-state index in [1.54, 1.807) is 41.2 Å². The molecule has 0 saturated carbocycles. The van der Waals surface area contributed by atoms with Crippen molar-refractivity contribution in [2.45, 2.75) is 11.7 Å². The van der Waals surface area contributed by atoms with Crippen LogP contribution in [0.4, 0.5) is 0 Å². The fraction of sp³-hybridized carbons (Fsp3) is 0.312. The van der Waals surface area contributed by atoms with Gasteiger partial charge < -0.3 is 4.74 Å². The molecule has 0 radical (unpaired) electrons. The molecule has 130 valence electrons. The summed E-state index contributed by atoms with van der Waals surface area (Å²) in [5.41, 5.74) is 0.132. The van der Waals surface area contributed by atoms with Gasteiger partial charge >= 0.3 is 0 Å². The smallest absolute Gasteiger partial charge is 0.270 e. The maximum absolute atomic E-state index is 13.0. The number of hydrogen-bond donors (Lipinski definition) is 0. The molecule has 3 heterocycles. The number of aromatic nitrogens is 4. The summed E-state index contributed by atoms with van der Waals surface area (Å²) in [6.45, 7) is 1.92. The molecule has 3 aromatic rings. The van der Waals surface area contributed by atoms with E-state index in [2.05, 4.69) is 10.1 Å². The molecule has 2 aromatic heterocycles. The lowest BCUT2D eigenvalue weighted by Crippen LogP contribution is -2.31. The normalized spacial score (nSPS) is 15.4. The highest BCUT2D eigenvalue weighted by atomic mass is 32.2. The molecule has 1 aromatic carbocycles. The van der Waals surface area contributed by atoms with Crippen LogP contribution < -0.4 is 5.56 Å². The van der Waals surface area contributed by atoms with E-state index in [-0.39, 0.29) is 16.2 Å². The van der Waals surface area contributed by atoms with Gasteiger partial charge in [-0.1, -0.05) is 18.2 Å². The number of sulfone groups is 1. The average molecular weight is 360 g/mol. The summed E-state index contributed by atoms with van der Waals surface area (Å²) in [6, 6.07) is 8.59. The maximum Gasteiger partial charge on any atom is 0.270 e. The molecule has 0 amide bonds. The molecule has 25 heavy (non-hydrogen) atoms. The van der Waals surface area contributed by atoms with E-state index in [4.69, 9.17) is 4.74 Å². The molecule has 4 rings (SSSR count). The monoisotopic (exact) mass is 360 g/mol. The molecule has 1 saturated heterocycles. The Labute approximate surface area is 143 Å². The first-order valence-electron chi connectivity index (χ1n) is 7.77. The molecule has 0 spiro atoms. The Morgan fingerprint density at radius 2 is 1.96 bits per heavy atom. The zero-order valence-electron chi connectivity index (χ0n) is 13.5.